The molecule has 0 spiro atoms. The van der Waals surface area contributed by atoms with E-state index < -0.39 is 11.8 Å². The lowest BCUT2D eigenvalue weighted by Crippen LogP contribution is -2.08. The lowest BCUT2D eigenvalue weighted by molar-refractivity contribution is -0.139. The maximum Gasteiger partial charge on any atom is 0.349 e. The minimum Gasteiger partial charge on any atom is -0.497 e. The second-order valence-electron chi connectivity index (χ2n) is 4.72. The molecule has 2 rings (SSSR count). The summed E-state index contributed by atoms with van der Waals surface area (Å²) < 4.78 is 23.6. The van der Waals surface area contributed by atoms with Crippen molar-refractivity contribution in [1.29, 1.82) is 5.26 Å². The largest absolute Gasteiger partial charge is 0.497 e. The highest BCUT2D eigenvalue weighted by atomic mass is 35.5. The van der Waals surface area contributed by atoms with Crippen LogP contribution >= 0.6 is 11.6 Å². The zero-order valence-electron chi connectivity index (χ0n) is 12.8. The highest BCUT2D eigenvalue weighted by molar-refractivity contribution is 6.31. The molecule has 0 fully saturated rings. The Hall–Kier alpha value is -2.84. The molecule has 6 heteroatoms. The molecular formula is C18H13ClFNO3. The monoisotopic (exact) mass is 345 g/mol. The van der Waals surface area contributed by atoms with Gasteiger partial charge >= 0.3 is 5.97 Å². The van der Waals surface area contributed by atoms with Gasteiger partial charge in [0.2, 0.25) is 0 Å². The van der Waals surface area contributed by atoms with Crippen molar-refractivity contribution in [2.45, 2.75) is 6.61 Å². The first-order valence-electron chi connectivity index (χ1n) is 6.91. The van der Waals surface area contributed by atoms with E-state index in [4.69, 9.17) is 26.3 Å². The minimum absolute atomic E-state index is 0.0641. The van der Waals surface area contributed by atoms with E-state index in [-0.39, 0.29) is 22.8 Å². The second-order valence-corrected chi connectivity index (χ2v) is 5.13. The zero-order valence-corrected chi connectivity index (χ0v) is 13.5. The van der Waals surface area contributed by atoms with Crippen LogP contribution in [0.15, 0.2) is 48.0 Å². The third-order valence-corrected chi connectivity index (χ3v) is 3.53. The maximum atomic E-state index is 13.6. The molecule has 24 heavy (non-hydrogen) atoms. The van der Waals surface area contributed by atoms with E-state index >= 15 is 0 Å². The smallest absolute Gasteiger partial charge is 0.349 e. The van der Waals surface area contributed by atoms with Gasteiger partial charge in [-0.1, -0.05) is 29.8 Å². The predicted octanol–water partition coefficient (Wildman–Crippen LogP) is 4.14. The van der Waals surface area contributed by atoms with E-state index in [1.807, 2.05) is 0 Å². The van der Waals surface area contributed by atoms with Crippen molar-refractivity contribution in [3.63, 3.8) is 0 Å². The molecule has 0 unspecified atom stereocenters. The van der Waals surface area contributed by atoms with Gasteiger partial charge in [-0.15, -0.1) is 0 Å². The highest BCUT2D eigenvalue weighted by Crippen LogP contribution is 2.20. The topological polar surface area (TPSA) is 59.3 Å². The first kappa shape index (κ1) is 17.5. The van der Waals surface area contributed by atoms with Gasteiger partial charge < -0.3 is 9.47 Å². The number of nitriles is 1. The van der Waals surface area contributed by atoms with Crippen molar-refractivity contribution in [3.05, 3.63) is 70.0 Å². The number of esters is 1. The molecule has 4 nitrogen and oxygen atoms in total. The van der Waals surface area contributed by atoms with Gasteiger partial charge in [-0.3, -0.25) is 0 Å². The molecule has 0 aliphatic carbocycles. The lowest BCUT2D eigenvalue weighted by atomic mass is 10.1. The van der Waals surface area contributed by atoms with Crippen LogP contribution in [0.25, 0.3) is 6.08 Å². The van der Waals surface area contributed by atoms with Crippen LogP contribution in [0.2, 0.25) is 5.02 Å². The Morgan fingerprint density at radius 3 is 2.58 bits per heavy atom. The molecule has 0 saturated carbocycles. The Morgan fingerprint density at radius 2 is 2.00 bits per heavy atom. The summed E-state index contributed by atoms with van der Waals surface area (Å²) >= 11 is 5.86. The fourth-order valence-electron chi connectivity index (χ4n) is 1.89. The van der Waals surface area contributed by atoms with Crippen LogP contribution < -0.4 is 4.74 Å². The molecule has 0 aliphatic rings. The fourth-order valence-corrected chi connectivity index (χ4v) is 2.11. The van der Waals surface area contributed by atoms with Gasteiger partial charge in [0.15, 0.2) is 0 Å². The molecule has 2 aromatic carbocycles. The van der Waals surface area contributed by atoms with E-state index in [1.165, 1.54) is 31.4 Å². The van der Waals surface area contributed by atoms with Crippen LogP contribution in [-0.2, 0) is 16.1 Å². The van der Waals surface area contributed by atoms with Crippen LogP contribution in [0.5, 0.6) is 5.75 Å². The van der Waals surface area contributed by atoms with Gasteiger partial charge in [0.1, 0.15) is 29.8 Å². The first-order valence-corrected chi connectivity index (χ1v) is 7.29. The number of carbonyl (C=O) groups is 1. The van der Waals surface area contributed by atoms with Gasteiger partial charge in [0, 0.05) is 5.56 Å². The van der Waals surface area contributed by atoms with Crippen molar-refractivity contribution in [1.82, 2.24) is 0 Å². The van der Waals surface area contributed by atoms with Gasteiger partial charge in [0.25, 0.3) is 0 Å². The van der Waals surface area contributed by atoms with Crippen LogP contribution in [0, 0.1) is 17.1 Å². The van der Waals surface area contributed by atoms with Gasteiger partial charge in [-0.25, -0.2) is 9.18 Å². The van der Waals surface area contributed by atoms with E-state index in [0.29, 0.717) is 11.3 Å². The van der Waals surface area contributed by atoms with Crippen molar-refractivity contribution in [2.24, 2.45) is 0 Å². The standard InChI is InChI=1S/C18H13ClFNO3/c1-23-14-7-5-12(6-8-14)9-13(10-21)18(22)24-11-15-16(19)3-2-4-17(15)20/h2-9H,11H2,1H3/b13-9+. The van der Waals surface area contributed by atoms with Crippen molar-refractivity contribution < 1.29 is 18.7 Å². The minimum atomic E-state index is -0.854. The van der Waals surface area contributed by atoms with Crippen LogP contribution in [-0.4, -0.2) is 13.1 Å². The molecule has 0 N–H and O–H groups in total. The van der Waals surface area contributed by atoms with E-state index in [1.54, 1.807) is 30.3 Å². The normalized spacial score (nSPS) is 10.8. The Labute approximate surface area is 143 Å². The predicted molar refractivity (Wildman–Crippen MR) is 87.8 cm³/mol. The van der Waals surface area contributed by atoms with Gasteiger partial charge in [-0.05, 0) is 35.9 Å². The number of nitrogens with zero attached hydrogens (tertiary/aromatic N) is 1. The first-order chi connectivity index (χ1) is 11.5. The fraction of sp³-hybridized carbons (Fsp3) is 0.111. The van der Waals surface area contributed by atoms with Crippen LogP contribution in [0.1, 0.15) is 11.1 Å². The average molecular weight is 346 g/mol. The number of benzene rings is 2. The van der Waals surface area contributed by atoms with Crippen LogP contribution in [0.3, 0.4) is 0 Å². The third-order valence-electron chi connectivity index (χ3n) is 3.18. The second kappa shape index (κ2) is 8.14. The molecule has 122 valence electrons. The molecule has 0 radical (unpaired) electrons. The Bertz CT molecular complexity index is 790. The molecule has 0 heterocycles. The number of carbonyl (C=O) groups excluding carboxylic acids is 1. The molecule has 0 atom stereocenters. The Kier molecular flexibility index (Phi) is 5.94. The molecular weight excluding hydrogens is 333 g/mol. The SMILES string of the molecule is COc1ccc(/C=C(\C#N)C(=O)OCc2c(F)cccc2Cl)cc1. The maximum absolute atomic E-state index is 13.6. The molecule has 0 aliphatic heterocycles. The van der Waals surface area contributed by atoms with E-state index in [0.717, 1.165) is 0 Å². The molecule has 0 amide bonds. The summed E-state index contributed by atoms with van der Waals surface area (Å²) in [5.74, 6) is -0.775. The molecule has 2 aromatic rings. The number of hydrogen-bond donors (Lipinski definition) is 0. The zero-order chi connectivity index (χ0) is 17.5. The molecule has 0 saturated heterocycles. The lowest BCUT2D eigenvalue weighted by Gasteiger charge is -2.07. The summed E-state index contributed by atoms with van der Waals surface area (Å²) in [5, 5.41) is 9.27. The molecule has 0 bridgehead atoms. The van der Waals surface area contributed by atoms with E-state index in [2.05, 4.69) is 0 Å². The van der Waals surface area contributed by atoms with Gasteiger partial charge in [-0.2, -0.15) is 5.26 Å². The quantitative estimate of drug-likeness (QED) is 0.464. The Morgan fingerprint density at radius 1 is 1.29 bits per heavy atom. The summed E-state index contributed by atoms with van der Waals surface area (Å²) in [4.78, 5) is 12.0. The van der Waals surface area contributed by atoms with Gasteiger partial charge in [0.05, 0.1) is 12.1 Å². The summed E-state index contributed by atoms with van der Waals surface area (Å²) in [6.45, 7) is -0.355. The van der Waals surface area contributed by atoms with Crippen LogP contribution in [0.4, 0.5) is 4.39 Å². The summed E-state index contributed by atoms with van der Waals surface area (Å²) in [5.41, 5.74) is 0.495. The van der Waals surface area contributed by atoms with Crippen molar-refractivity contribution >= 4 is 23.6 Å². The van der Waals surface area contributed by atoms with Crippen molar-refractivity contribution in [3.8, 4) is 11.8 Å². The number of hydrogen-bond acceptors (Lipinski definition) is 4. The number of halogens is 2. The molecule has 0 aromatic heterocycles. The summed E-state index contributed by atoms with van der Waals surface area (Å²) in [6, 6.07) is 12.7. The third kappa shape index (κ3) is 4.34. The number of ether oxygens (including phenoxy) is 2. The van der Waals surface area contributed by atoms with Crippen molar-refractivity contribution in [2.75, 3.05) is 7.11 Å². The van der Waals surface area contributed by atoms with E-state index in [9.17, 15) is 9.18 Å². The number of methoxy groups -OCH3 is 1. The Balaban J connectivity index is 2.11. The average Bonchev–Trinajstić information content (AvgIpc) is 2.59. The number of rotatable bonds is 5. The summed E-state index contributed by atoms with van der Waals surface area (Å²) in [6.07, 6.45) is 1.38. The highest BCUT2D eigenvalue weighted by Gasteiger charge is 2.14. The summed E-state index contributed by atoms with van der Waals surface area (Å²) in [7, 11) is 1.54.